The summed E-state index contributed by atoms with van der Waals surface area (Å²) < 4.78 is 18.6. The summed E-state index contributed by atoms with van der Waals surface area (Å²) >= 11 is 0. The number of hydrogen-bond donors (Lipinski definition) is 1. The Morgan fingerprint density at radius 1 is 1.04 bits per heavy atom. The summed E-state index contributed by atoms with van der Waals surface area (Å²) in [5, 5.41) is 4.88. The summed E-state index contributed by atoms with van der Waals surface area (Å²) in [6, 6.07) is 19.5. The van der Waals surface area contributed by atoms with Crippen LogP contribution in [0, 0.1) is 5.82 Å². The first kappa shape index (κ1) is 16.0. The van der Waals surface area contributed by atoms with E-state index in [2.05, 4.69) is 5.32 Å². The summed E-state index contributed by atoms with van der Waals surface area (Å²) in [5.74, 6) is 0.161. The lowest BCUT2D eigenvalue weighted by molar-refractivity contribution is -0.123. The smallest absolute Gasteiger partial charge is 0.258 e. The van der Waals surface area contributed by atoms with E-state index in [1.807, 2.05) is 49.4 Å². The highest BCUT2D eigenvalue weighted by Crippen LogP contribution is 2.25. The van der Waals surface area contributed by atoms with Crippen LogP contribution < -0.4 is 10.1 Å². The Kier molecular flexibility index (Phi) is 4.75. The van der Waals surface area contributed by atoms with Crippen LogP contribution in [0.15, 0.2) is 66.7 Å². The first-order chi connectivity index (χ1) is 11.6. The molecule has 3 nitrogen and oxygen atoms in total. The number of nitrogens with one attached hydrogen (secondary N) is 1. The van der Waals surface area contributed by atoms with Crippen molar-refractivity contribution in [3.63, 3.8) is 0 Å². The van der Waals surface area contributed by atoms with Gasteiger partial charge in [-0.2, -0.15) is 0 Å². The minimum Gasteiger partial charge on any atom is -0.483 e. The van der Waals surface area contributed by atoms with Crippen LogP contribution in [-0.4, -0.2) is 12.5 Å². The molecule has 0 aliphatic carbocycles. The van der Waals surface area contributed by atoms with E-state index < -0.39 is 0 Å². The number of halogens is 1. The van der Waals surface area contributed by atoms with Gasteiger partial charge in [0, 0.05) is 5.39 Å². The van der Waals surface area contributed by atoms with Gasteiger partial charge in [0.1, 0.15) is 11.6 Å². The molecule has 4 heteroatoms. The molecule has 0 saturated carbocycles. The maximum absolute atomic E-state index is 12.9. The maximum Gasteiger partial charge on any atom is 0.258 e. The first-order valence-corrected chi connectivity index (χ1v) is 7.79. The van der Waals surface area contributed by atoms with E-state index in [0.717, 1.165) is 16.3 Å². The molecule has 0 bridgehead atoms. The number of ether oxygens (including phenoxy) is 1. The molecule has 0 aliphatic rings. The van der Waals surface area contributed by atoms with E-state index in [-0.39, 0.29) is 24.4 Å². The quantitative estimate of drug-likeness (QED) is 0.763. The van der Waals surface area contributed by atoms with Crippen LogP contribution in [0.5, 0.6) is 5.75 Å². The van der Waals surface area contributed by atoms with Gasteiger partial charge in [0.2, 0.25) is 0 Å². The summed E-state index contributed by atoms with van der Waals surface area (Å²) in [4.78, 5) is 12.1. The molecule has 0 aliphatic heterocycles. The fraction of sp³-hybridized carbons (Fsp3) is 0.150. The molecule has 3 aromatic carbocycles. The SMILES string of the molecule is C[C@@H](NC(=O)COc1cccc2ccccc12)c1ccc(F)cc1. The summed E-state index contributed by atoms with van der Waals surface area (Å²) in [6.07, 6.45) is 0. The Hall–Kier alpha value is -2.88. The van der Waals surface area contributed by atoms with Crippen molar-refractivity contribution in [3.05, 3.63) is 78.1 Å². The maximum atomic E-state index is 12.9. The third-order valence-corrected chi connectivity index (χ3v) is 3.86. The van der Waals surface area contributed by atoms with Crippen molar-refractivity contribution in [1.82, 2.24) is 5.32 Å². The third-order valence-electron chi connectivity index (χ3n) is 3.86. The molecule has 1 N–H and O–H groups in total. The number of fused-ring (bicyclic) bond motifs is 1. The molecule has 1 atom stereocenters. The molecule has 0 saturated heterocycles. The van der Waals surface area contributed by atoms with E-state index in [9.17, 15) is 9.18 Å². The number of carbonyl (C=O) groups is 1. The Morgan fingerprint density at radius 2 is 1.75 bits per heavy atom. The predicted molar refractivity (Wildman–Crippen MR) is 92.4 cm³/mol. The van der Waals surface area contributed by atoms with Crippen molar-refractivity contribution in [2.45, 2.75) is 13.0 Å². The molecule has 3 aromatic rings. The number of rotatable bonds is 5. The van der Waals surface area contributed by atoms with Crippen LogP contribution in [-0.2, 0) is 4.79 Å². The van der Waals surface area contributed by atoms with E-state index >= 15 is 0 Å². The summed E-state index contributed by atoms with van der Waals surface area (Å²) in [6.45, 7) is 1.78. The zero-order valence-electron chi connectivity index (χ0n) is 13.3. The predicted octanol–water partition coefficient (Wildman–Crippen LogP) is 4.24. The average Bonchev–Trinajstić information content (AvgIpc) is 2.60. The summed E-state index contributed by atoms with van der Waals surface area (Å²) in [5.41, 5.74) is 0.843. The number of carbonyl (C=O) groups excluding carboxylic acids is 1. The molecule has 0 fully saturated rings. The average molecular weight is 323 g/mol. The zero-order chi connectivity index (χ0) is 16.9. The molecular formula is C20H18FNO2. The molecule has 0 heterocycles. The second-order valence-electron chi connectivity index (χ2n) is 5.61. The number of benzene rings is 3. The van der Waals surface area contributed by atoms with Gasteiger partial charge in [-0.25, -0.2) is 4.39 Å². The number of amides is 1. The minimum atomic E-state index is -0.295. The Bertz CT molecular complexity index is 840. The molecule has 0 aromatic heterocycles. The lowest BCUT2D eigenvalue weighted by Gasteiger charge is -2.15. The molecule has 0 unspecified atom stereocenters. The fourth-order valence-electron chi connectivity index (χ4n) is 2.58. The van der Waals surface area contributed by atoms with Crippen LogP contribution in [0.2, 0.25) is 0 Å². The van der Waals surface area contributed by atoms with Gasteiger partial charge in [-0.15, -0.1) is 0 Å². The monoisotopic (exact) mass is 323 g/mol. The largest absolute Gasteiger partial charge is 0.483 e. The van der Waals surface area contributed by atoms with Crippen molar-refractivity contribution < 1.29 is 13.9 Å². The second kappa shape index (κ2) is 7.13. The fourth-order valence-corrected chi connectivity index (χ4v) is 2.58. The van der Waals surface area contributed by atoms with Crippen molar-refractivity contribution >= 4 is 16.7 Å². The molecular weight excluding hydrogens is 305 g/mol. The molecule has 24 heavy (non-hydrogen) atoms. The van der Waals surface area contributed by atoms with Gasteiger partial charge in [0.25, 0.3) is 5.91 Å². The molecule has 122 valence electrons. The number of hydrogen-bond acceptors (Lipinski definition) is 2. The van der Waals surface area contributed by atoms with E-state index in [4.69, 9.17) is 4.74 Å². The van der Waals surface area contributed by atoms with Gasteiger partial charge >= 0.3 is 0 Å². The van der Waals surface area contributed by atoms with Gasteiger partial charge in [-0.3, -0.25) is 4.79 Å². The molecule has 0 radical (unpaired) electrons. The topological polar surface area (TPSA) is 38.3 Å². The van der Waals surface area contributed by atoms with Crippen LogP contribution >= 0.6 is 0 Å². The van der Waals surface area contributed by atoms with Gasteiger partial charge in [0.05, 0.1) is 6.04 Å². The molecule has 3 rings (SSSR count). The van der Waals surface area contributed by atoms with E-state index in [1.54, 1.807) is 12.1 Å². The first-order valence-electron chi connectivity index (χ1n) is 7.79. The van der Waals surface area contributed by atoms with Crippen molar-refractivity contribution in [3.8, 4) is 5.75 Å². The van der Waals surface area contributed by atoms with Gasteiger partial charge in [0.15, 0.2) is 6.61 Å². The van der Waals surface area contributed by atoms with E-state index in [1.165, 1.54) is 12.1 Å². The van der Waals surface area contributed by atoms with E-state index in [0.29, 0.717) is 5.75 Å². The van der Waals surface area contributed by atoms with Crippen LogP contribution in [0.4, 0.5) is 4.39 Å². The van der Waals surface area contributed by atoms with Crippen molar-refractivity contribution in [1.29, 1.82) is 0 Å². The molecule has 0 spiro atoms. The van der Waals surface area contributed by atoms with Crippen molar-refractivity contribution in [2.75, 3.05) is 6.61 Å². The third kappa shape index (κ3) is 3.71. The Labute approximate surface area is 140 Å². The second-order valence-corrected chi connectivity index (χ2v) is 5.61. The normalized spacial score (nSPS) is 11.9. The van der Waals surface area contributed by atoms with Crippen LogP contribution in [0.25, 0.3) is 10.8 Å². The standard InChI is InChI=1S/C20H18FNO2/c1-14(15-9-11-17(21)12-10-15)22-20(23)13-24-19-8-4-6-16-5-2-3-7-18(16)19/h2-12,14H,13H2,1H3,(H,22,23)/t14-/m1/s1. The highest BCUT2D eigenvalue weighted by atomic mass is 19.1. The minimum absolute atomic E-state index is 0.0699. The molecule has 1 amide bonds. The zero-order valence-corrected chi connectivity index (χ0v) is 13.3. The highest BCUT2D eigenvalue weighted by Gasteiger charge is 2.11. The van der Waals surface area contributed by atoms with Crippen molar-refractivity contribution in [2.24, 2.45) is 0 Å². The Balaban J connectivity index is 1.62. The summed E-state index contributed by atoms with van der Waals surface area (Å²) in [7, 11) is 0. The Morgan fingerprint density at radius 3 is 2.54 bits per heavy atom. The lowest BCUT2D eigenvalue weighted by atomic mass is 10.1. The van der Waals surface area contributed by atoms with Crippen LogP contribution in [0.3, 0.4) is 0 Å². The highest BCUT2D eigenvalue weighted by molar-refractivity contribution is 5.88. The van der Waals surface area contributed by atoms with Gasteiger partial charge in [-0.1, -0.05) is 48.5 Å². The van der Waals surface area contributed by atoms with Gasteiger partial charge < -0.3 is 10.1 Å². The van der Waals surface area contributed by atoms with Crippen LogP contribution in [0.1, 0.15) is 18.5 Å². The van der Waals surface area contributed by atoms with Gasteiger partial charge in [-0.05, 0) is 36.1 Å². The lowest BCUT2D eigenvalue weighted by Crippen LogP contribution is -2.31.